The van der Waals surface area contributed by atoms with Crippen molar-refractivity contribution in [3.8, 4) is 34.1 Å². The Morgan fingerprint density at radius 1 is 0.423 bits per heavy atom. The first kappa shape index (κ1) is 37.2. The molecule has 4 aromatic rings. The molecule has 0 bridgehead atoms. The maximum absolute atomic E-state index is 11.6. The number of hydrogen-bond donors (Lipinski definition) is 0. The Kier molecular flexibility index (Phi) is 13.5. The fourth-order valence-electron chi connectivity index (χ4n) is 4.32. The van der Waals surface area contributed by atoms with Crippen LogP contribution in [0.25, 0.3) is 32.7 Å². The van der Waals surface area contributed by atoms with E-state index in [-0.39, 0.29) is 0 Å². The molecule has 0 aromatic heterocycles. The summed E-state index contributed by atoms with van der Waals surface area (Å²) in [5.74, 6) is -1.04. The van der Waals surface area contributed by atoms with Crippen LogP contribution < -0.4 is 18.9 Å². The van der Waals surface area contributed by atoms with Crippen molar-refractivity contribution in [1.29, 1.82) is 0 Å². The van der Waals surface area contributed by atoms with Crippen molar-refractivity contribution < 1.29 is 57.1 Å². The molecule has 12 heteroatoms. The highest BCUT2D eigenvalue weighted by atomic mass is 16.6. The molecule has 0 saturated heterocycles. The molecule has 0 atom stereocenters. The largest absolute Gasteiger partial charge is 0.462 e. The van der Waals surface area contributed by atoms with Gasteiger partial charge < -0.3 is 37.9 Å². The summed E-state index contributed by atoms with van der Waals surface area (Å²) in [6.45, 7) is 13.4. The first-order valence-electron chi connectivity index (χ1n) is 15.0. The lowest BCUT2D eigenvalue weighted by Crippen LogP contribution is -1.95. The summed E-state index contributed by atoms with van der Waals surface area (Å²) in [7, 11) is 0. The van der Waals surface area contributed by atoms with Crippen LogP contribution in [0.2, 0.25) is 0 Å². The highest BCUT2D eigenvalue weighted by molar-refractivity contribution is 6.12. The second kappa shape index (κ2) is 18.8. The van der Waals surface area contributed by atoms with Gasteiger partial charge in [0.05, 0.1) is 0 Å². The van der Waals surface area contributed by atoms with Crippen molar-refractivity contribution >= 4 is 45.4 Å². The molecule has 0 spiro atoms. The summed E-state index contributed by atoms with van der Waals surface area (Å²) in [5, 5.41) is 2.76. The molecule has 0 amide bonds. The van der Waals surface area contributed by atoms with Gasteiger partial charge in [0.2, 0.25) is 0 Å². The quantitative estimate of drug-likeness (QED) is 0.0346. The smallest absolute Gasteiger partial charge is 0.335 e. The molecule has 0 unspecified atom stereocenters. The minimum atomic E-state index is -0.673. The molecule has 0 heterocycles. The molecule has 0 saturated carbocycles. The number of benzene rings is 4. The van der Waals surface area contributed by atoms with Crippen LogP contribution >= 0.6 is 0 Å². The average molecular weight is 703 g/mol. The normalized spacial score (nSPS) is 11.0. The van der Waals surface area contributed by atoms with Gasteiger partial charge in [-0.1, -0.05) is 44.5 Å². The number of carbonyl (C=O) groups excluding carboxylic acids is 4. The van der Waals surface area contributed by atoms with Crippen molar-refractivity contribution in [3.63, 3.8) is 0 Å². The number of esters is 4. The van der Waals surface area contributed by atoms with Gasteiger partial charge in [0, 0.05) is 35.3 Å². The van der Waals surface area contributed by atoms with Crippen molar-refractivity contribution in [3.05, 3.63) is 161 Å². The average Bonchev–Trinajstić information content (AvgIpc) is 3.17. The van der Waals surface area contributed by atoms with E-state index in [9.17, 15) is 19.2 Å². The fraction of sp³-hybridized carbons (Fsp3) is 0. The molecule has 52 heavy (non-hydrogen) atoms. The Labute approximate surface area is 297 Å². The third kappa shape index (κ3) is 10.4. The lowest BCUT2D eigenvalue weighted by molar-refractivity contribution is -0.133. The van der Waals surface area contributed by atoms with Crippen LogP contribution in [0.3, 0.4) is 0 Å². The summed E-state index contributed by atoms with van der Waals surface area (Å²) < 4.78 is 42.5. The standard InChI is InChI=1S/C40H30O12/c1-5-37(41)49-19-15-45-29-11-9-27(10-12-29)32-25-34-33(26-36(32)48-18-22-52-40(44)8-4)31-14-13-30(46-16-20-50-38(42)6-2)23-28(31)24-35(34)47-17-21-51-39(43)7-3/h5-26H,1-4H2. The Balaban J connectivity index is 1.81. The first-order valence-corrected chi connectivity index (χ1v) is 15.0. The van der Waals surface area contributed by atoms with E-state index < -0.39 is 23.9 Å². The zero-order valence-corrected chi connectivity index (χ0v) is 27.4. The monoisotopic (exact) mass is 702 g/mol. The molecule has 4 aromatic carbocycles. The molecular formula is C40H30O12. The molecule has 0 fully saturated rings. The van der Waals surface area contributed by atoms with Gasteiger partial charge >= 0.3 is 23.9 Å². The van der Waals surface area contributed by atoms with E-state index in [1.807, 2.05) is 12.1 Å². The van der Waals surface area contributed by atoms with Crippen LogP contribution in [0.4, 0.5) is 0 Å². The molecule has 262 valence electrons. The number of ether oxygens (including phenoxy) is 8. The van der Waals surface area contributed by atoms with Gasteiger partial charge in [0.25, 0.3) is 0 Å². The van der Waals surface area contributed by atoms with Gasteiger partial charge in [-0.3, -0.25) is 0 Å². The predicted octanol–water partition coefficient (Wildman–Crippen LogP) is 7.98. The van der Waals surface area contributed by atoms with Gasteiger partial charge in [-0.25, -0.2) is 19.2 Å². The van der Waals surface area contributed by atoms with E-state index in [2.05, 4.69) is 26.3 Å². The molecule has 12 nitrogen and oxygen atoms in total. The van der Waals surface area contributed by atoms with Gasteiger partial charge in [-0.15, -0.1) is 0 Å². The maximum Gasteiger partial charge on any atom is 0.335 e. The molecular weight excluding hydrogens is 672 g/mol. The van der Waals surface area contributed by atoms with E-state index in [4.69, 9.17) is 37.9 Å². The van der Waals surface area contributed by atoms with Crippen molar-refractivity contribution in [1.82, 2.24) is 0 Å². The summed E-state index contributed by atoms with van der Waals surface area (Å²) in [6, 6.07) is 17.5. The SMILES string of the molecule is C=CC(=O)OC=COc1ccc(-c2cc3c(OC=COC(=O)C=C)cc4cc(OC=COC(=O)C=C)ccc4c3cc2OC=COC(=O)C=C)cc1. The van der Waals surface area contributed by atoms with Crippen molar-refractivity contribution in [2.45, 2.75) is 0 Å². The van der Waals surface area contributed by atoms with Crippen LogP contribution in [-0.4, -0.2) is 23.9 Å². The van der Waals surface area contributed by atoms with Gasteiger partial charge in [0.15, 0.2) is 0 Å². The summed E-state index contributed by atoms with van der Waals surface area (Å²) in [4.78, 5) is 45.7. The molecule has 0 aliphatic rings. The van der Waals surface area contributed by atoms with Gasteiger partial charge in [-0.05, 0) is 64.2 Å². The lowest BCUT2D eigenvalue weighted by Gasteiger charge is -2.16. The van der Waals surface area contributed by atoms with E-state index in [0.717, 1.165) is 54.7 Å². The third-order valence-electron chi connectivity index (χ3n) is 6.57. The van der Waals surface area contributed by atoms with E-state index in [1.54, 1.807) is 48.5 Å². The number of rotatable bonds is 17. The molecule has 4 rings (SSSR count). The second-order valence-corrected chi connectivity index (χ2v) is 9.80. The highest BCUT2D eigenvalue weighted by Gasteiger charge is 2.16. The molecule has 0 radical (unpaired) electrons. The van der Waals surface area contributed by atoms with E-state index >= 15 is 0 Å². The van der Waals surface area contributed by atoms with Crippen LogP contribution in [0.1, 0.15) is 0 Å². The van der Waals surface area contributed by atoms with Crippen LogP contribution in [-0.2, 0) is 38.1 Å². The second-order valence-electron chi connectivity index (χ2n) is 9.80. The van der Waals surface area contributed by atoms with E-state index in [0.29, 0.717) is 50.3 Å². The minimum absolute atomic E-state index is 0.364. The molecule has 0 N–H and O–H groups in total. The first-order chi connectivity index (χ1) is 25.3. The maximum atomic E-state index is 11.6. The summed E-state index contributed by atoms with van der Waals surface area (Å²) in [6.07, 6.45) is 13.2. The zero-order chi connectivity index (χ0) is 37.3. The Bertz CT molecular complexity index is 2140. The van der Waals surface area contributed by atoms with E-state index in [1.165, 1.54) is 25.0 Å². The molecule has 0 aliphatic carbocycles. The Morgan fingerprint density at radius 2 is 0.885 bits per heavy atom. The molecule has 0 aliphatic heterocycles. The predicted molar refractivity (Wildman–Crippen MR) is 191 cm³/mol. The Hall–Kier alpha value is -7.60. The van der Waals surface area contributed by atoms with Crippen LogP contribution in [0, 0.1) is 0 Å². The summed E-state index contributed by atoms with van der Waals surface area (Å²) >= 11 is 0. The Morgan fingerprint density at radius 3 is 1.40 bits per heavy atom. The zero-order valence-electron chi connectivity index (χ0n) is 27.4. The number of hydrogen-bond acceptors (Lipinski definition) is 12. The third-order valence-corrected chi connectivity index (χ3v) is 6.57. The minimum Gasteiger partial charge on any atom is -0.462 e. The number of carbonyl (C=O) groups is 4. The topological polar surface area (TPSA) is 142 Å². The van der Waals surface area contributed by atoms with Crippen molar-refractivity contribution in [2.24, 2.45) is 0 Å². The van der Waals surface area contributed by atoms with Crippen molar-refractivity contribution in [2.75, 3.05) is 0 Å². The summed E-state index contributed by atoms with van der Waals surface area (Å²) in [5.41, 5.74) is 1.29. The lowest BCUT2D eigenvalue weighted by atomic mass is 9.95. The van der Waals surface area contributed by atoms with Gasteiger partial charge in [-0.2, -0.15) is 0 Å². The fourth-order valence-corrected chi connectivity index (χ4v) is 4.32. The number of fused-ring (bicyclic) bond motifs is 3. The highest BCUT2D eigenvalue weighted by Crippen LogP contribution is 2.42. The van der Waals surface area contributed by atoms with Gasteiger partial charge in [0.1, 0.15) is 73.1 Å². The van der Waals surface area contributed by atoms with Crippen LogP contribution in [0.5, 0.6) is 23.0 Å². The van der Waals surface area contributed by atoms with Crippen LogP contribution in [0.15, 0.2) is 161 Å².